The van der Waals surface area contributed by atoms with Crippen LogP contribution in [0.25, 0.3) is 0 Å². The van der Waals surface area contributed by atoms with Crippen molar-refractivity contribution in [3.05, 3.63) is 18.0 Å². The van der Waals surface area contributed by atoms with Gasteiger partial charge in [0.1, 0.15) is 0 Å². The van der Waals surface area contributed by atoms with Gasteiger partial charge in [0.15, 0.2) is 0 Å². The number of nitrogens with two attached hydrogens (primary N) is 1. The van der Waals surface area contributed by atoms with Crippen LogP contribution < -0.4 is 5.73 Å². The Morgan fingerprint density at radius 2 is 2.47 bits per heavy atom. The third-order valence-corrected chi connectivity index (χ3v) is 4.24. The predicted octanol–water partition coefficient (Wildman–Crippen LogP) is 1.49. The minimum absolute atomic E-state index is 0.0959. The summed E-state index contributed by atoms with van der Waals surface area (Å²) in [7, 11) is 0. The molecule has 19 heavy (non-hydrogen) atoms. The molecule has 3 unspecified atom stereocenters. The minimum atomic E-state index is -0.370. The largest absolute Gasteiger partial charge is 0.341 e. The van der Waals surface area contributed by atoms with E-state index in [0.717, 1.165) is 38.0 Å². The molecule has 1 fully saturated rings. The van der Waals surface area contributed by atoms with E-state index in [4.69, 9.17) is 5.73 Å². The molecule has 106 valence electrons. The first-order valence-corrected chi connectivity index (χ1v) is 7.17. The van der Waals surface area contributed by atoms with Crippen molar-refractivity contribution in [3.8, 4) is 0 Å². The summed E-state index contributed by atoms with van der Waals surface area (Å²) in [5, 5.41) is 7.00. The number of H-pyrrole nitrogens is 1. The molecule has 0 aliphatic carbocycles. The third kappa shape index (κ3) is 3.15. The van der Waals surface area contributed by atoms with Crippen molar-refractivity contribution >= 4 is 5.91 Å². The van der Waals surface area contributed by atoms with E-state index in [2.05, 4.69) is 17.1 Å². The molecule has 0 saturated carbocycles. The number of nitrogens with one attached hydrogen (secondary N) is 1. The summed E-state index contributed by atoms with van der Waals surface area (Å²) in [6.07, 6.45) is 4.83. The Hall–Kier alpha value is -1.36. The highest BCUT2D eigenvalue weighted by atomic mass is 16.2. The Balaban J connectivity index is 1.99. The lowest BCUT2D eigenvalue weighted by atomic mass is 9.93. The van der Waals surface area contributed by atoms with E-state index in [9.17, 15) is 4.79 Å². The summed E-state index contributed by atoms with van der Waals surface area (Å²) in [6, 6.07) is 1.62. The van der Waals surface area contributed by atoms with Crippen molar-refractivity contribution in [1.29, 1.82) is 0 Å². The summed E-state index contributed by atoms with van der Waals surface area (Å²) >= 11 is 0. The molecule has 0 bridgehead atoms. The Labute approximate surface area is 114 Å². The zero-order valence-corrected chi connectivity index (χ0v) is 11.8. The van der Waals surface area contributed by atoms with Crippen LogP contribution in [0.4, 0.5) is 0 Å². The van der Waals surface area contributed by atoms with Gasteiger partial charge in [-0.05, 0) is 24.8 Å². The first-order chi connectivity index (χ1) is 9.13. The molecule has 5 heteroatoms. The van der Waals surface area contributed by atoms with E-state index in [-0.39, 0.29) is 17.9 Å². The molecule has 5 nitrogen and oxygen atoms in total. The fraction of sp³-hybridized carbons (Fsp3) is 0.714. The monoisotopic (exact) mass is 264 g/mol. The first-order valence-electron chi connectivity index (χ1n) is 7.17. The van der Waals surface area contributed by atoms with Crippen LogP contribution in [-0.4, -0.2) is 40.1 Å². The molecule has 1 aliphatic heterocycles. The zero-order chi connectivity index (χ0) is 13.8. The highest BCUT2D eigenvalue weighted by Crippen LogP contribution is 2.26. The number of hydrogen-bond donors (Lipinski definition) is 2. The molecular formula is C14H24N4O. The fourth-order valence-electron chi connectivity index (χ4n) is 2.63. The van der Waals surface area contributed by atoms with Gasteiger partial charge in [-0.1, -0.05) is 20.3 Å². The second-order valence-corrected chi connectivity index (χ2v) is 5.55. The summed E-state index contributed by atoms with van der Waals surface area (Å²) in [6.45, 7) is 5.69. The van der Waals surface area contributed by atoms with E-state index in [1.807, 2.05) is 17.9 Å². The van der Waals surface area contributed by atoms with Crippen LogP contribution in [-0.2, 0) is 4.79 Å². The lowest BCUT2D eigenvalue weighted by Crippen LogP contribution is -2.50. The van der Waals surface area contributed by atoms with Gasteiger partial charge in [-0.3, -0.25) is 9.89 Å². The van der Waals surface area contributed by atoms with Crippen LogP contribution in [0.3, 0.4) is 0 Å². The van der Waals surface area contributed by atoms with E-state index in [1.54, 1.807) is 6.20 Å². The molecule has 1 amide bonds. The molecule has 1 aliphatic rings. The number of amides is 1. The lowest BCUT2D eigenvalue weighted by Gasteiger charge is -2.34. The summed E-state index contributed by atoms with van der Waals surface area (Å²) in [4.78, 5) is 14.3. The molecule has 2 rings (SSSR count). The molecule has 0 radical (unpaired) electrons. The molecular weight excluding hydrogens is 240 g/mol. The Morgan fingerprint density at radius 1 is 1.68 bits per heavy atom. The quantitative estimate of drug-likeness (QED) is 0.865. The SMILES string of the molecule is CCC(C)C(N)C(=O)N1CCCC(c2ccn[nH]2)C1. The van der Waals surface area contributed by atoms with Crippen LogP contribution >= 0.6 is 0 Å². The van der Waals surface area contributed by atoms with Crippen LogP contribution in [0.15, 0.2) is 12.3 Å². The number of nitrogens with zero attached hydrogens (tertiary/aromatic N) is 2. The third-order valence-electron chi connectivity index (χ3n) is 4.24. The van der Waals surface area contributed by atoms with Gasteiger partial charge in [0.25, 0.3) is 0 Å². The van der Waals surface area contributed by atoms with Crippen molar-refractivity contribution in [3.63, 3.8) is 0 Å². The topological polar surface area (TPSA) is 75.0 Å². The highest BCUT2D eigenvalue weighted by Gasteiger charge is 2.30. The van der Waals surface area contributed by atoms with Crippen LogP contribution in [0.5, 0.6) is 0 Å². The number of likely N-dealkylation sites (tertiary alicyclic amines) is 1. The van der Waals surface area contributed by atoms with Gasteiger partial charge in [-0.25, -0.2) is 0 Å². The zero-order valence-electron chi connectivity index (χ0n) is 11.8. The van der Waals surface area contributed by atoms with Crippen molar-refractivity contribution < 1.29 is 4.79 Å². The van der Waals surface area contributed by atoms with Gasteiger partial charge in [-0.2, -0.15) is 5.10 Å². The number of piperidine rings is 1. The average molecular weight is 264 g/mol. The van der Waals surface area contributed by atoms with Gasteiger partial charge < -0.3 is 10.6 Å². The number of hydrogen-bond acceptors (Lipinski definition) is 3. The molecule has 1 saturated heterocycles. The Bertz CT molecular complexity index is 404. The molecule has 2 heterocycles. The van der Waals surface area contributed by atoms with Crippen LogP contribution in [0.1, 0.15) is 44.7 Å². The summed E-state index contributed by atoms with van der Waals surface area (Å²) in [5.74, 6) is 0.697. The number of aromatic amines is 1. The van der Waals surface area contributed by atoms with E-state index >= 15 is 0 Å². The van der Waals surface area contributed by atoms with E-state index < -0.39 is 0 Å². The molecule has 3 atom stereocenters. The van der Waals surface area contributed by atoms with Gasteiger partial charge in [-0.15, -0.1) is 0 Å². The number of rotatable bonds is 4. The molecule has 0 spiro atoms. The fourth-order valence-corrected chi connectivity index (χ4v) is 2.63. The van der Waals surface area contributed by atoms with Crippen molar-refractivity contribution in [2.24, 2.45) is 11.7 Å². The van der Waals surface area contributed by atoms with E-state index in [0.29, 0.717) is 5.92 Å². The van der Waals surface area contributed by atoms with Gasteiger partial charge in [0.2, 0.25) is 5.91 Å². The van der Waals surface area contributed by atoms with E-state index in [1.165, 1.54) is 0 Å². The van der Waals surface area contributed by atoms with Crippen LogP contribution in [0.2, 0.25) is 0 Å². The Morgan fingerprint density at radius 3 is 3.11 bits per heavy atom. The summed E-state index contributed by atoms with van der Waals surface area (Å²) < 4.78 is 0. The maximum absolute atomic E-state index is 12.4. The second kappa shape index (κ2) is 6.19. The molecule has 1 aromatic rings. The molecule has 3 N–H and O–H groups in total. The number of carbonyl (C=O) groups is 1. The highest BCUT2D eigenvalue weighted by molar-refractivity contribution is 5.82. The summed E-state index contributed by atoms with van der Waals surface area (Å²) in [5.41, 5.74) is 7.17. The number of carbonyl (C=O) groups excluding carboxylic acids is 1. The molecule has 0 aromatic carbocycles. The average Bonchev–Trinajstić information content (AvgIpc) is 2.99. The van der Waals surface area contributed by atoms with Crippen molar-refractivity contribution in [1.82, 2.24) is 15.1 Å². The standard InChI is InChI=1S/C14H24N4O/c1-3-10(2)13(15)14(19)18-8-4-5-11(9-18)12-6-7-16-17-12/h6-7,10-11,13H,3-5,8-9,15H2,1-2H3,(H,16,17). The van der Waals surface area contributed by atoms with Crippen LogP contribution in [0, 0.1) is 5.92 Å². The Kier molecular flexibility index (Phi) is 4.58. The maximum atomic E-state index is 12.4. The number of aromatic nitrogens is 2. The maximum Gasteiger partial charge on any atom is 0.239 e. The van der Waals surface area contributed by atoms with Crippen molar-refractivity contribution in [2.45, 2.75) is 45.1 Å². The lowest BCUT2D eigenvalue weighted by molar-refractivity contribution is -0.135. The minimum Gasteiger partial charge on any atom is -0.341 e. The smallest absolute Gasteiger partial charge is 0.239 e. The van der Waals surface area contributed by atoms with Gasteiger partial charge in [0.05, 0.1) is 6.04 Å². The van der Waals surface area contributed by atoms with Gasteiger partial charge in [0, 0.05) is 30.9 Å². The second-order valence-electron chi connectivity index (χ2n) is 5.55. The molecule has 1 aromatic heterocycles. The van der Waals surface area contributed by atoms with Crippen molar-refractivity contribution in [2.75, 3.05) is 13.1 Å². The first kappa shape index (κ1) is 14.1. The normalized spacial score (nSPS) is 23.1. The predicted molar refractivity (Wildman–Crippen MR) is 74.6 cm³/mol. The van der Waals surface area contributed by atoms with Gasteiger partial charge >= 0.3 is 0 Å².